The van der Waals surface area contributed by atoms with Gasteiger partial charge >= 0.3 is 0 Å². The van der Waals surface area contributed by atoms with E-state index in [2.05, 4.69) is 9.97 Å². The van der Waals surface area contributed by atoms with Crippen molar-refractivity contribution in [2.75, 3.05) is 18.8 Å². The van der Waals surface area contributed by atoms with Crippen LogP contribution in [-0.2, 0) is 0 Å². The molecular formula is C16H18N4OS2. The Morgan fingerprint density at radius 2 is 2.09 bits per heavy atom. The second-order valence-corrected chi connectivity index (χ2v) is 6.37. The molecule has 0 unspecified atom stereocenters. The summed E-state index contributed by atoms with van der Waals surface area (Å²) in [5, 5.41) is 19.6. The lowest BCUT2D eigenvalue weighted by Crippen LogP contribution is -2.26. The maximum Gasteiger partial charge on any atom is 0.152 e. The van der Waals surface area contributed by atoms with Gasteiger partial charge in [0.25, 0.3) is 0 Å². The normalized spacial score (nSPS) is 11.9. The fraction of sp³-hybridized carbons (Fsp3) is 0.312. The second-order valence-electron chi connectivity index (χ2n) is 4.76. The van der Waals surface area contributed by atoms with E-state index in [0.29, 0.717) is 10.1 Å². The van der Waals surface area contributed by atoms with Crippen molar-refractivity contribution < 1.29 is 5.11 Å². The number of para-hydroxylation sites is 2. The number of thiocarbonyl (C=S) groups is 1. The molecule has 5 nitrogen and oxygen atoms in total. The molecule has 2 N–H and O–H groups in total. The van der Waals surface area contributed by atoms with Crippen molar-refractivity contribution in [3.63, 3.8) is 0 Å². The summed E-state index contributed by atoms with van der Waals surface area (Å²) in [6.07, 6.45) is 0. The highest BCUT2D eigenvalue weighted by molar-refractivity contribution is 8.23. The summed E-state index contributed by atoms with van der Waals surface area (Å²) in [7, 11) is 0. The lowest BCUT2D eigenvalue weighted by atomic mass is 10.2. The number of benzene rings is 1. The first-order valence-electron chi connectivity index (χ1n) is 7.29. The van der Waals surface area contributed by atoms with Gasteiger partial charge in [0.05, 0.1) is 16.8 Å². The third-order valence-corrected chi connectivity index (χ3v) is 4.92. The first-order valence-corrected chi connectivity index (χ1v) is 8.69. The molecule has 23 heavy (non-hydrogen) atoms. The number of thioether (sulfide) groups is 1. The van der Waals surface area contributed by atoms with Gasteiger partial charge in [-0.3, -0.25) is 0 Å². The number of aromatic amines is 1. The Hall–Kier alpha value is -2.04. The SMILES string of the molecule is CCN(CC)C(=S)SC/C(O)=C(\C#N)c1nc2ccccc2[nH]1. The number of aliphatic hydroxyl groups excluding tert-OH is 1. The molecule has 1 aromatic heterocycles. The van der Waals surface area contributed by atoms with Crippen molar-refractivity contribution in [2.45, 2.75) is 13.8 Å². The van der Waals surface area contributed by atoms with Gasteiger partial charge in [-0.2, -0.15) is 5.26 Å². The van der Waals surface area contributed by atoms with E-state index in [-0.39, 0.29) is 17.1 Å². The van der Waals surface area contributed by atoms with E-state index >= 15 is 0 Å². The molecule has 0 aliphatic heterocycles. The minimum absolute atomic E-state index is 0.0222. The molecule has 7 heteroatoms. The van der Waals surface area contributed by atoms with Crippen LogP contribution in [0.5, 0.6) is 0 Å². The molecule has 0 fully saturated rings. The van der Waals surface area contributed by atoms with E-state index in [9.17, 15) is 10.4 Å². The molecular weight excluding hydrogens is 328 g/mol. The summed E-state index contributed by atoms with van der Waals surface area (Å²) >= 11 is 6.68. The number of aliphatic hydroxyl groups is 1. The maximum absolute atomic E-state index is 10.3. The van der Waals surface area contributed by atoms with Crippen LogP contribution in [-0.4, -0.2) is 43.1 Å². The Bertz CT molecular complexity index is 739. The number of nitriles is 1. The first-order chi connectivity index (χ1) is 11.1. The Labute approximate surface area is 145 Å². The van der Waals surface area contributed by atoms with Crippen LogP contribution >= 0.6 is 24.0 Å². The third kappa shape index (κ3) is 4.03. The number of hydrogen-bond acceptors (Lipinski definition) is 5. The van der Waals surface area contributed by atoms with Gasteiger partial charge in [-0.15, -0.1) is 0 Å². The molecule has 2 aromatic rings. The van der Waals surface area contributed by atoms with E-state index in [1.807, 2.05) is 49.1 Å². The van der Waals surface area contributed by atoms with Crippen molar-refractivity contribution in [2.24, 2.45) is 0 Å². The van der Waals surface area contributed by atoms with Crippen molar-refractivity contribution in [3.8, 4) is 6.07 Å². The fourth-order valence-corrected chi connectivity index (χ4v) is 3.38. The van der Waals surface area contributed by atoms with Crippen LogP contribution in [0.1, 0.15) is 19.7 Å². The number of nitrogens with zero attached hydrogens (tertiary/aromatic N) is 3. The van der Waals surface area contributed by atoms with Gasteiger partial charge in [0, 0.05) is 13.1 Å². The topological polar surface area (TPSA) is 75.9 Å². The zero-order valence-corrected chi connectivity index (χ0v) is 14.7. The average molecular weight is 346 g/mol. The van der Waals surface area contributed by atoms with Crippen molar-refractivity contribution in [3.05, 3.63) is 35.8 Å². The van der Waals surface area contributed by atoms with E-state index in [1.54, 1.807) is 0 Å². The minimum atomic E-state index is -0.0222. The second kappa shape index (κ2) is 7.99. The Morgan fingerprint density at radius 3 is 2.70 bits per heavy atom. The predicted octanol–water partition coefficient (Wildman–Crippen LogP) is 3.72. The number of fused-ring (bicyclic) bond motifs is 1. The number of rotatable bonds is 5. The zero-order chi connectivity index (χ0) is 16.8. The van der Waals surface area contributed by atoms with E-state index in [0.717, 1.165) is 24.1 Å². The smallest absolute Gasteiger partial charge is 0.152 e. The zero-order valence-electron chi connectivity index (χ0n) is 13.0. The van der Waals surface area contributed by atoms with Crippen molar-refractivity contribution in [1.82, 2.24) is 14.9 Å². The molecule has 0 aliphatic carbocycles. The number of aromatic nitrogens is 2. The van der Waals surface area contributed by atoms with Gasteiger partial charge in [-0.1, -0.05) is 36.1 Å². The Kier molecular flexibility index (Phi) is 6.02. The summed E-state index contributed by atoms with van der Waals surface area (Å²) in [6.45, 7) is 5.70. The number of H-pyrrole nitrogens is 1. The molecule has 0 aliphatic rings. The predicted molar refractivity (Wildman–Crippen MR) is 99.2 cm³/mol. The van der Waals surface area contributed by atoms with Crippen LogP contribution in [0.2, 0.25) is 0 Å². The fourth-order valence-electron chi connectivity index (χ4n) is 2.10. The number of allylic oxidation sites excluding steroid dienone is 1. The van der Waals surface area contributed by atoms with Crippen LogP contribution in [0.3, 0.4) is 0 Å². The van der Waals surface area contributed by atoms with Gasteiger partial charge in [0.15, 0.2) is 5.82 Å². The van der Waals surface area contributed by atoms with Gasteiger partial charge in [0.1, 0.15) is 21.7 Å². The van der Waals surface area contributed by atoms with Gasteiger partial charge in [0.2, 0.25) is 0 Å². The minimum Gasteiger partial charge on any atom is -0.510 e. The standard InChI is InChI=1S/C16H18N4OS2/c1-3-20(4-2)16(22)23-10-14(21)11(9-17)15-18-12-7-5-6-8-13(12)19-15/h5-8,21H,3-4,10H2,1-2H3,(H,18,19)/b14-11-. The molecule has 0 atom stereocenters. The molecule has 0 amide bonds. The van der Waals surface area contributed by atoms with Gasteiger partial charge < -0.3 is 15.0 Å². The third-order valence-electron chi connectivity index (χ3n) is 3.38. The summed E-state index contributed by atoms with van der Waals surface area (Å²) < 4.78 is 0.712. The summed E-state index contributed by atoms with van der Waals surface area (Å²) in [6, 6.07) is 9.52. The molecule has 0 spiro atoms. The van der Waals surface area contributed by atoms with Crippen molar-refractivity contribution in [1.29, 1.82) is 5.26 Å². The summed E-state index contributed by atoms with van der Waals surface area (Å²) in [4.78, 5) is 9.44. The highest BCUT2D eigenvalue weighted by atomic mass is 32.2. The lowest BCUT2D eigenvalue weighted by Gasteiger charge is -2.20. The average Bonchev–Trinajstić information content (AvgIpc) is 2.98. The molecule has 0 saturated carbocycles. The lowest BCUT2D eigenvalue weighted by molar-refractivity contribution is 0.420. The molecule has 1 aromatic carbocycles. The summed E-state index contributed by atoms with van der Waals surface area (Å²) in [5.41, 5.74) is 1.74. The monoisotopic (exact) mass is 346 g/mol. The van der Waals surface area contributed by atoms with Crippen LogP contribution in [0.15, 0.2) is 30.0 Å². The van der Waals surface area contributed by atoms with E-state index in [4.69, 9.17) is 12.2 Å². The molecule has 0 radical (unpaired) electrons. The largest absolute Gasteiger partial charge is 0.510 e. The number of hydrogen-bond donors (Lipinski definition) is 2. The van der Waals surface area contributed by atoms with Crippen LogP contribution in [0, 0.1) is 11.3 Å². The highest BCUT2D eigenvalue weighted by Gasteiger charge is 2.15. The quantitative estimate of drug-likeness (QED) is 0.488. The Morgan fingerprint density at radius 1 is 1.39 bits per heavy atom. The molecule has 1 heterocycles. The molecule has 2 rings (SSSR count). The summed E-state index contributed by atoms with van der Waals surface area (Å²) in [5.74, 6) is 0.599. The van der Waals surface area contributed by atoms with Gasteiger partial charge in [-0.25, -0.2) is 4.98 Å². The van der Waals surface area contributed by atoms with Crippen molar-refractivity contribution >= 4 is 44.9 Å². The van der Waals surface area contributed by atoms with Crippen LogP contribution < -0.4 is 0 Å². The maximum atomic E-state index is 10.3. The highest BCUT2D eigenvalue weighted by Crippen LogP contribution is 2.21. The molecule has 0 saturated heterocycles. The Balaban J connectivity index is 2.19. The van der Waals surface area contributed by atoms with Crippen LogP contribution in [0.4, 0.5) is 0 Å². The van der Waals surface area contributed by atoms with Gasteiger partial charge in [-0.05, 0) is 26.0 Å². The van der Waals surface area contributed by atoms with E-state index < -0.39 is 0 Å². The number of nitrogens with one attached hydrogen (secondary N) is 1. The number of imidazole rings is 1. The van der Waals surface area contributed by atoms with E-state index in [1.165, 1.54) is 11.8 Å². The van der Waals surface area contributed by atoms with Crippen LogP contribution in [0.25, 0.3) is 16.6 Å². The first kappa shape index (κ1) is 17.3. The molecule has 0 bridgehead atoms. The molecule has 120 valence electrons.